The van der Waals surface area contributed by atoms with Gasteiger partial charge in [0.25, 0.3) is 0 Å². The van der Waals surface area contributed by atoms with Crippen molar-refractivity contribution in [2.75, 3.05) is 4.90 Å². The molecule has 196 valence electrons. The van der Waals surface area contributed by atoms with E-state index in [-0.39, 0.29) is 18.1 Å². The molecule has 0 radical (unpaired) electrons. The summed E-state index contributed by atoms with van der Waals surface area (Å²) in [6.07, 6.45) is 9.50. The molecule has 1 aromatic carbocycles. The van der Waals surface area contributed by atoms with Crippen LogP contribution < -0.4 is 15.5 Å². The van der Waals surface area contributed by atoms with Crippen molar-refractivity contribution in [2.24, 2.45) is 7.05 Å². The number of nitrogens with one attached hydrogen (secondary N) is 2. The zero-order valence-corrected chi connectivity index (χ0v) is 21.8. The number of carbonyl (C=O) groups is 2. The smallest absolute Gasteiger partial charge is 0.407 e. The Morgan fingerprint density at radius 1 is 1.03 bits per heavy atom. The first-order valence-electron chi connectivity index (χ1n) is 12.6. The average Bonchev–Trinajstić information content (AvgIpc) is 3.30. The largest absolute Gasteiger partial charge is 0.444 e. The average molecular weight is 506 g/mol. The highest BCUT2D eigenvalue weighted by atomic mass is 16.6. The van der Waals surface area contributed by atoms with Gasteiger partial charge in [-0.3, -0.25) is 9.58 Å². The summed E-state index contributed by atoms with van der Waals surface area (Å²) in [5, 5.41) is 10.2. The molecule has 10 nitrogen and oxygen atoms in total. The maximum Gasteiger partial charge on any atom is 0.407 e. The van der Waals surface area contributed by atoms with Crippen molar-refractivity contribution in [1.29, 1.82) is 0 Å². The van der Waals surface area contributed by atoms with Gasteiger partial charge in [0.15, 0.2) is 0 Å². The number of nitrogens with zero attached hydrogens (tertiary/aromatic N) is 5. The zero-order valence-electron chi connectivity index (χ0n) is 21.8. The number of anilines is 1. The Labute approximate surface area is 217 Å². The van der Waals surface area contributed by atoms with Gasteiger partial charge in [0.1, 0.15) is 5.60 Å². The SMILES string of the molecule is Cn1cc(-c2cnc(N(C(=O)NCc3ccccc3)[C@H]3CC[C@H](NC(=O)OC(C)(C)C)CC3)nc2)cn1. The van der Waals surface area contributed by atoms with Crippen LogP contribution in [0.2, 0.25) is 0 Å². The number of alkyl carbamates (subject to hydrolysis) is 1. The van der Waals surface area contributed by atoms with Crippen molar-refractivity contribution < 1.29 is 14.3 Å². The van der Waals surface area contributed by atoms with Gasteiger partial charge in [-0.05, 0) is 52.0 Å². The molecule has 1 saturated carbocycles. The molecule has 4 rings (SSSR count). The summed E-state index contributed by atoms with van der Waals surface area (Å²) in [6, 6.07) is 9.41. The minimum atomic E-state index is -0.547. The fraction of sp³-hybridized carbons (Fsp3) is 0.444. The number of ether oxygens (including phenoxy) is 1. The van der Waals surface area contributed by atoms with E-state index in [1.165, 1.54) is 0 Å². The maximum absolute atomic E-state index is 13.4. The number of urea groups is 1. The Bertz CT molecular complexity index is 1180. The standard InChI is InChI=1S/C27H35N7O3/c1-27(2,3)37-26(36)32-22-10-12-23(13-11-22)34(25(35)30-14-19-8-6-5-7-9-19)24-28-15-20(16-29-24)21-17-31-33(4)18-21/h5-9,15-18,22-23H,10-14H2,1-4H3,(H,30,35)(H,32,36)/t22-,23-. The second-order valence-electron chi connectivity index (χ2n) is 10.3. The zero-order chi connectivity index (χ0) is 26.4. The number of aryl methyl sites for hydroxylation is 1. The number of amides is 3. The minimum absolute atomic E-state index is 0.00537. The fourth-order valence-electron chi connectivity index (χ4n) is 4.40. The molecule has 0 unspecified atom stereocenters. The fourth-order valence-corrected chi connectivity index (χ4v) is 4.40. The van der Waals surface area contributed by atoms with Crippen LogP contribution in [0.25, 0.3) is 11.1 Å². The first kappa shape index (κ1) is 26.1. The van der Waals surface area contributed by atoms with Crippen LogP contribution >= 0.6 is 0 Å². The third-order valence-electron chi connectivity index (χ3n) is 6.18. The topological polar surface area (TPSA) is 114 Å². The van der Waals surface area contributed by atoms with Gasteiger partial charge in [0, 0.05) is 55.4 Å². The molecule has 1 aliphatic carbocycles. The lowest BCUT2D eigenvalue weighted by molar-refractivity contribution is 0.0491. The first-order valence-corrected chi connectivity index (χ1v) is 12.6. The van der Waals surface area contributed by atoms with Crippen LogP contribution in [0.4, 0.5) is 15.5 Å². The van der Waals surface area contributed by atoms with Gasteiger partial charge in [-0.2, -0.15) is 5.10 Å². The molecule has 3 aromatic rings. The van der Waals surface area contributed by atoms with E-state index in [1.54, 1.807) is 28.2 Å². The lowest BCUT2D eigenvalue weighted by Crippen LogP contribution is -2.50. The summed E-state index contributed by atoms with van der Waals surface area (Å²) in [5.74, 6) is 0.349. The molecule has 1 fully saturated rings. The van der Waals surface area contributed by atoms with E-state index in [9.17, 15) is 9.59 Å². The Morgan fingerprint density at radius 3 is 2.30 bits per heavy atom. The van der Waals surface area contributed by atoms with Crippen LogP contribution in [-0.4, -0.2) is 49.6 Å². The first-order chi connectivity index (χ1) is 17.7. The maximum atomic E-state index is 13.4. The van der Waals surface area contributed by atoms with E-state index >= 15 is 0 Å². The van der Waals surface area contributed by atoms with Crippen LogP contribution in [0.1, 0.15) is 52.0 Å². The lowest BCUT2D eigenvalue weighted by atomic mass is 9.90. The van der Waals surface area contributed by atoms with Crippen molar-refractivity contribution in [3.05, 3.63) is 60.7 Å². The normalized spacial score (nSPS) is 17.6. The second-order valence-corrected chi connectivity index (χ2v) is 10.3. The van der Waals surface area contributed by atoms with E-state index < -0.39 is 11.7 Å². The summed E-state index contributed by atoms with van der Waals surface area (Å²) in [4.78, 5) is 36.4. The van der Waals surface area contributed by atoms with Crippen molar-refractivity contribution >= 4 is 18.1 Å². The summed E-state index contributed by atoms with van der Waals surface area (Å²) in [6.45, 7) is 5.93. The van der Waals surface area contributed by atoms with Gasteiger partial charge in [-0.25, -0.2) is 19.6 Å². The van der Waals surface area contributed by atoms with Crippen LogP contribution in [-0.2, 0) is 18.3 Å². The van der Waals surface area contributed by atoms with Gasteiger partial charge in [-0.1, -0.05) is 30.3 Å². The Hall–Kier alpha value is -3.95. The predicted molar refractivity (Wildman–Crippen MR) is 141 cm³/mol. The van der Waals surface area contributed by atoms with Gasteiger partial charge in [-0.15, -0.1) is 0 Å². The molecule has 2 aromatic heterocycles. The number of hydrogen-bond acceptors (Lipinski definition) is 6. The van der Waals surface area contributed by atoms with E-state index in [2.05, 4.69) is 25.7 Å². The molecular formula is C27H35N7O3. The van der Waals surface area contributed by atoms with Crippen molar-refractivity contribution in [3.8, 4) is 11.1 Å². The quantitative estimate of drug-likeness (QED) is 0.512. The monoisotopic (exact) mass is 505 g/mol. The number of aromatic nitrogens is 4. The van der Waals surface area contributed by atoms with Crippen molar-refractivity contribution in [2.45, 2.75) is 70.7 Å². The molecule has 0 saturated heterocycles. The third kappa shape index (κ3) is 7.28. The van der Waals surface area contributed by atoms with E-state index in [1.807, 2.05) is 64.3 Å². The van der Waals surface area contributed by atoms with E-state index in [0.717, 1.165) is 29.5 Å². The molecule has 0 spiro atoms. The highest BCUT2D eigenvalue weighted by Crippen LogP contribution is 2.27. The second kappa shape index (κ2) is 11.4. The molecule has 1 aliphatic rings. The highest BCUT2D eigenvalue weighted by molar-refractivity contribution is 5.90. The van der Waals surface area contributed by atoms with Crippen LogP contribution in [0.5, 0.6) is 0 Å². The lowest BCUT2D eigenvalue weighted by Gasteiger charge is -2.36. The Morgan fingerprint density at radius 2 is 1.70 bits per heavy atom. The highest BCUT2D eigenvalue weighted by Gasteiger charge is 2.32. The number of rotatable bonds is 6. The van der Waals surface area contributed by atoms with Gasteiger partial charge in [0.05, 0.1) is 6.20 Å². The van der Waals surface area contributed by atoms with Gasteiger partial charge in [0.2, 0.25) is 5.95 Å². The molecule has 3 amide bonds. The number of hydrogen-bond donors (Lipinski definition) is 2. The summed E-state index contributed by atoms with van der Waals surface area (Å²) in [5.41, 5.74) is 2.19. The molecule has 2 heterocycles. The van der Waals surface area contributed by atoms with Gasteiger partial charge < -0.3 is 15.4 Å². The van der Waals surface area contributed by atoms with Crippen LogP contribution in [0.3, 0.4) is 0 Å². The molecule has 0 atom stereocenters. The Kier molecular flexibility index (Phi) is 8.05. The van der Waals surface area contributed by atoms with Crippen LogP contribution in [0.15, 0.2) is 55.1 Å². The Balaban J connectivity index is 1.46. The molecule has 37 heavy (non-hydrogen) atoms. The van der Waals surface area contributed by atoms with Crippen LogP contribution in [0, 0.1) is 0 Å². The minimum Gasteiger partial charge on any atom is -0.444 e. The summed E-state index contributed by atoms with van der Waals surface area (Å²) in [7, 11) is 1.85. The van der Waals surface area contributed by atoms with Crippen molar-refractivity contribution in [3.63, 3.8) is 0 Å². The predicted octanol–water partition coefficient (Wildman–Crippen LogP) is 4.43. The van der Waals surface area contributed by atoms with E-state index in [4.69, 9.17) is 4.74 Å². The number of benzene rings is 1. The molecule has 0 bridgehead atoms. The number of carbonyl (C=O) groups excluding carboxylic acids is 2. The van der Waals surface area contributed by atoms with E-state index in [0.29, 0.717) is 25.3 Å². The summed E-state index contributed by atoms with van der Waals surface area (Å²) < 4.78 is 7.11. The van der Waals surface area contributed by atoms with Crippen molar-refractivity contribution in [1.82, 2.24) is 30.4 Å². The molecule has 10 heteroatoms. The summed E-state index contributed by atoms with van der Waals surface area (Å²) >= 11 is 0. The van der Waals surface area contributed by atoms with Gasteiger partial charge >= 0.3 is 12.1 Å². The molecule has 2 N–H and O–H groups in total. The molecule has 0 aliphatic heterocycles. The molecular weight excluding hydrogens is 470 g/mol. The third-order valence-corrected chi connectivity index (χ3v) is 6.18.